The van der Waals surface area contributed by atoms with E-state index in [1.54, 1.807) is 12.1 Å². The van der Waals surface area contributed by atoms with Crippen molar-refractivity contribution in [3.05, 3.63) is 59.1 Å². The lowest BCUT2D eigenvalue weighted by molar-refractivity contribution is -0.146. The van der Waals surface area contributed by atoms with Gasteiger partial charge in [0.15, 0.2) is 11.8 Å². The minimum absolute atomic E-state index is 0.0248. The van der Waals surface area contributed by atoms with Crippen LogP contribution >= 0.6 is 11.6 Å². The third-order valence-electron chi connectivity index (χ3n) is 3.54. The summed E-state index contributed by atoms with van der Waals surface area (Å²) in [6.45, 7) is 1.56. The molecule has 0 saturated heterocycles. The van der Waals surface area contributed by atoms with E-state index >= 15 is 0 Å². The van der Waals surface area contributed by atoms with E-state index in [0.29, 0.717) is 11.3 Å². The number of ether oxygens (including phenoxy) is 1. The van der Waals surface area contributed by atoms with Crippen LogP contribution in [0, 0.1) is 6.92 Å². The van der Waals surface area contributed by atoms with Gasteiger partial charge in [-0.25, -0.2) is 4.98 Å². The van der Waals surface area contributed by atoms with Crippen molar-refractivity contribution in [2.45, 2.75) is 13.3 Å². The number of rotatable bonds is 5. The zero-order valence-electron chi connectivity index (χ0n) is 13.4. The van der Waals surface area contributed by atoms with Gasteiger partial charge in [-0.15, -0.1) is 0 Å². The van der Waals surface area contributed by atoms with Gasteiger partial charge in [-0.05, 0) is 30.7 Å². The number of amides is 1. The summed E-state index contributed by atoms with van der Waals surface area (Å²) in [5, 5.41) is 3.56. The lowest BCUT2D eigenvalue weighted by Gasteiger charge is -2.07. The molecule has 2 heterocycles. The summed E-state index contributed by atoms with van der Waals surface area (Å²) in [7, 11) is 0. The van der Waals surface area contributed by atoms with E-state index in [9.17, 15) is 9.59 Å². The van der Waals surface area contributed by atoms with Crippen LogP contribution in [0.25, 0.3) is 11.0 Å². The predicted octanol–water partition coefficient (Wildman–Crippen LogP) is 3.51. The number of anilines is 1. The molecule has 25 heavy (non-hydrogen) atoms. The van der Waals surface area contributed by atoms with E-state index in [2.05, 4.69) is 10.3 Å². The van der Waals surface area contributed by atoms with Crippen LogP contribution in [-0.4, -0.2) is 23.5 Å². The Morgan fingerprint density at radius 1 is 1.32 bits per heavy atom. The molecule has 128 valence electrons. The molecular formula is C18H15ClN2O4. The van der Waals surface area contributed by atoms with Crippen LogP contribution in [0.15, 0.2) is 47.2 Å². The topological polar surface area (TPSA) is 81.4 Å². The number of esters is 1. The fraction of sp³-hybridized carbons (Fsp3) is 0.167. The first-order valence-corrected chi connectivity index (χ1v) is 7.93. The molecule has 7 heteroatoms. The molecule has 1 N–H and O–H groups in total. The molecule has 3 rings (SSSR count). The molecule has 0 fully saturated rings. The fourth-order valence-corrected chi connectivity index (χ4v) is 2.51. The second-order valence-corrected chi connectivity index (χ2v) is 5.85. The minimum Gasteiger partial charge on any atom is -0.464 e. The Kier molecular flexibility index (Phi) is 5.00. The minimum atomic E-state index is -0.518. The van der Waals surface area contributed by atoms with Crippen LogP contribution in [0.4, 0.5) is 5.69 Å². The summed E-state index contributed by atoms with van der Waals surface area (Å²) in [6, 6.07) is 8.98. The van der Waals surface area contributed by atoms with Crippen molar-refractivity contribution in [2.75, 3.05) is 11.9 Å². The number of nitrogens with zero attached hydrogens (tertiary/aromatic N) is 1. The van der Waals surface area contributed by atoms with E-state index in [0.717, 1.165) is 16.5 Å². The van der Waals surface area contributed by atoms with Gasteiger partial charge < -0.3 is 14.5 Å². The normalized spacial score (nSPS) is 10.6. The van der Waals surface area contributed by atoms with Gasteiger partial charge in [0.2, 0.25) is 0 Å². The molecule has 0 spiro atoms. The zero-order chi connectivity index (χ0) is 17.8. The van der Waals surface area contributed by atoms with E-state index < -0.39 is 18.5 Å². The number of aromatic nitrogens is 1. The number of fused-ring (bicyclic) bond motifs is 1. The molecular weight excluding hydrogens is 344 g/mol. The van der Waals surface area contributed by atoms with Crippen LogP contribution in [0.1, 0.15) is 11.1 Å². The Morgan fingerprint density at radius 3 is 2.96 bits per heavy atom. The van der Waals surface area contributed by atoms with Crippen molar-refractivity contribution in [3.63, 3.8) is 0 Å². The SMILES string of the molecule is Cc1ccc2c(CC(=O)OCC(=O)Nc3cccnc3Cl)coc2c1. The van der Waals surface area contributed by atoms with Gasteiger partial charge in [0.1, 0.15) is 5.58 Å². The Morgan fingerprint density at radius 2 is 2.16 bits per heavy atom. The molecule has 0 aliphatic heterocycles. The van der Waals surface area contributed by atoms with Crippen molar-refractivity contribution in [1.29, 1.82) is 0 Å². The highest BCUT2D eigenvalue weighted by molar-refractivity contribution is 6.32. The lowest BCUT2D eigenvalue weighted by Crippen LogP contribution is -2.21. The highest BCUT2D eigenvalue weighted by Crippen LogP contribution is 2.23. The summed E-state index contributed by atoms with van der Waals surface area (Å²) in [5.74, 6) is -1.01. The predicted molar refractivity (Wildman–Crippen MR) is 93.5 cm³/mol. The first-order valence-electron chi connectivity index (χ1n) is 7.55. The molecule has 0 aliphatic carbocycles. The van der Waals surface area contributed by atoms with Crippen molar-refractivity contribution in [2.24, 2.45) is 0 Å². The van der Waals surface area contributed by atoms with E-state index in [1.807, 2.05) is 25.1 Å². The van der Waals surface area contributed by atoms with Gasteiger partial charge in [0.25, 0.3) is 5.91 Å². The Balaban J connectivity index is 1.55. The van der Waals surface area contributed by atoms with Crippen LogP contribution in [0.2, 0.25) is 5.15 Å². The second kappa shape index (κ2) is 7.36. The monoisotopic (exact) mass is 358 g/mol. The average Bonchev–Trinajstić information content (AvgIpc) is 2.97. The Bertz CT molecular complexity index is 936. The molecule has 0 radical (unpaired) electrons. The van der Waals surface area contributed by atoms with Gasteiger partial charge >= 0.3 is 5.97 Å². The highest BCUT2D eigenvalue weighted by atomic mass is 35.5. The molecule has 0 saturated carbocycles. The molecule has 0 bridgehead atoms. The summed E-state index contributed by atoms with van der Waals surface area (Å²) in [4.78, 5) is 27.6. The second-order valence-electron chi connectivity index (χ2n) is 5.49. The number of carbonyl (C=O) groups excluding carboxylic acids is 2. The van der Waals surface area contributed by atoms with E-state index in [-0.39, 0.29) is 11.6 Å². The standard InChI is InChI=1S/C18H15ClN2O4/c1-11-4-5-13-12(9-24-15(13)7-11)8-17(23)25-10-16(22)21-14-3-2-6-20-18(14)19/h2-7,9H,8,10H2,1H3,(H,21,22). The molecule has 1 amide bonds. The summed E-state index contributed by atoms with van der Waals surface area (Å²) < 4.78 is 10.4. The molecule has 1 aromatic carbocycles. The number of halogens is 1. The van der Waals surface area contributed by atoms with Gasteiger partial charge in [0.05, 0.1) is 18.4 Å². The lowest BCUT2D eigenvalue weighted by atomic mass is 10.1. The smallest absolute Gasteiger partial charge is 0.310 e. The molecule has 2 aromatic heterocycles. The number of furan rings is 1. The number of aryl methyl sites for hydroxylation is 1. The van der Waals surface area contributed by atoms with Crippen molar-refractivity contribution in [3.8, 4) is 0 Å². The number of hydrogen-bond donors (Lipinski definition) is 1. The fourth-order valence-electron chi connectivity index (χ4n) is 2.35. The Labute approximate surface area is 148 Å². The van der Waals surface area contributed by atoms with Gasteiger partial charge in [0, 0.05) is 17.1 Å². The van der Waals surface area contributed by atoms with Crippen LogP contribution in [0.5, 0.6) is 0 Å². The number of pyridine rings is 1. The van der Waals surface area contributed by atoms with Gasteiger partial charge in [-0.3, -0.25) is 9.59 Å². The number of hydrogen-bond acceptors (Lipinski definition) is 5. The first kappa shape index (κ1) is 17.0. The zero-order valence-corrected chi connectivity index (χ0v) is 14.2. The quantitative estimate of drug-likeness (QED) is 0.557. The third-order valence-corrected chi connectivity index (χ3v) is 3.84. The van der Waals surface area contributed by atoms with E-state index in [4.69, 9.17) is 20.8 Å². The van der Waals surface area contributed by atoms with Crippen molar-refractivity contribution in [1.82, 2.24) is 4.98 Å². The molecule has 0 atom stereocenters. The van der Waals surface area contributed by atoms with Crippen LogP contribution in [-0.2, 0) is 20.7 Å². The third kappa shape index (κ3) is 4.16. The molecule has 0 unspecified atom stereocenters. The van der Waals surface area contributed by atoms with Crippen molar-refractivity contribution >= 4 is 40.1 Å². The Hall–Kier alpha value is -2.86. The molecule has 0 aliphatic rings. The van der Waals surface area contributed by atoms with Gasteiger partial charge in [-0.1, -0.05) is 23.7 Å². The van der Waals surface area contributed by atoms with E-state index in [1.165, 1.54) is 12.5 Å². The largest absolute Gasteiger partial charge is 0.464 e. The number of carbonyl (C=O) groups is 2. The number of benzene rings is 1. The molecule has 6 nitrogen and oxygen atoms in total. The summed E-state index contributed by atoms with van der Waals surface area (Å²) in [5.41, 5.74) is 2.87. The summed E-state index contributed by atoms with van der Waals surface area (Å²) in [6.07, 6.45) is 3.06. The van der Waals surface area contributed by atoms with Gasteiger partial charge in [-0.2, -0.15) is 0 Å². The summed E-state index contributed by atoms with van der Waals surface area (Å²) >= 11 is 5.85. The maximum absolute atomic E-state index is 12.0. The maximum Gasteiger partial charge on any atom is 0.310 e. The maximum atomic E-state index is 12.0. The van der Waals surface area contributed by atoms with Crippen LogP contribution in [0.3, 0.4) is 0 Å². The van der Waals surface area contributed by atoms with Crippen LogP contribution < -0.4 is 5.32 Å². The first-order chi connectivity index (χ1) is 12.0. The number of nitrogens with one attached hydrogen (secondary N) is 1. The highest BCUT2D eigenvalue weighted by Gasteiger charge is 2.14. The van der Waals surface area contributed by atoms with Crippen molar-refractivity contribution < 1.29 is 18.7 Å². The average molecular weight is 359 g/mol. The molecule has 3 aromatic rings.